The van der Waals surface area contributed by atoms with Crippen LogP contribution in [0.4, 0.5) is 0 Å². The van der Waals surface area contributed by atoms with Crippen LogP contribution in [0.1, 0.15) is 59.8 Å². The third-order valence-electron chi connectivity index (χ3n) is 4.68. The molecule has 1 heterocycles. The van der Waals surface area contributed by atoms with Crippen molar-refractivity contribution in [3.8, 4) is 0 Å². The van der Waals surface area contributed by atoms with Gasteiger partial charge in [-0.1, -0.05) is 34.1 Å². The van der Waals surface area contributed by atoms with Gasteiger partial charge in [0.25, 0.3) is 0 Å². The molecule has 0 saturated carbocycles. The van der Waals surface area contributed by atoms with Crippen molar-refractivity contribution in [1.29, 1.82) is 0 Å². The normalized spacial score (nSPS) is 23.0. The molecule has 15 heavy (non-hydrogen) atoms. The molecule has 0 aromatic rings. The number of hydrogen-bond acceptors (Lipinski definition) is 1. The second kappa shape index (κ2) is 5.89. The fraction of sp³-hybridized carbons (Fsp3) is 1.00. The minimum Gasteiger partial charge on any atom is -0.317 e. The SMILES string of the molecule is CCC1(CCC(C)C(C)C)CCNCC1. The van der Waals surface area contributed by atoms with Crippen LogP contribution in [0.3, 0.4) is 0 Å². The molecule has 90 valence electrons. The lowest BCUT2D eigenvalue weighted by Gasteiger charge is -2.38. The van der Waals surface area contributed by atoms with Crippen molar-refractivity contribution in [2.75, 3.05) is 13.1 Å². The van der Waals surface area contributed by atoms with Gasteiger partial charge in [0.1, 0.15) is 0 Å². The Morgan fingerprint density at radius 1 is 1.13 bits per heavy atom. The van der Waals surface area contributed by atoms with Crippen LogP contribution in [0.5, 0.6) is 0 Å². The monoisotopic (exact) mass is 211 g/mol. The Morgan fingerprint density at radius 2 is 1.73 bits per heavy atom. The van der Waals surface area contributed by atoms with E-state index < -0.39 is 0 Å². The minimum absolute atomic E-state index is 0.675. The summed E-state index contributed by atoms with van der Waals surface area (Å²) in [4.78, 5) is 0. The van der Waals surface area contributed by atoms with Crippen molar-refractivity contribution in [3.63, 3.8) is 0 Å². The van der Waals surface area contributed by atoms with Crippen LogP contribution in [0.15, 0.2) is 0 Å². The van der Waals surface area contributed by atoms with Crippen molar-refractivity contribution in [2.24, 2.45) is 17.3 Å². The molecular weight excluding hydrogens is 182 g/mol. The van der Waals surface area contributed by atoms with Crippen LogP contribution in [0, 0.1) is 17.3 Å². The molecule has 1 atom stereocenters. The van der Waals surface area contributed by atoms with E-state index >= 15 is 0 Å². The maximum Gasteiger partial charge on any atom is -0.00436 e. The average molecular weight is 211 g/mol. The summed E-state index contributed by atoms with van der Waals surface area (Å²) < 4.78 is 0. The van der Waals surface area contributed by atoms with Crippen LogP contribution in [-0.2, 0) is 0 Å². The summed E-state index contributed by atoms with van der Waals surface area (Å²) in [5, 5.41) is 3.48. The lowest BCUT2D eigenvalue weighted by atomic mass is 9.71. The summed E-state index contributed by atoms with van der Waals surface area (Å²) in [6.45, 7) is 12.0. The van der Waals surface area contributed by atoms with E-state index in [0.717, 1.165) is 11.8 Å². The zero-order chi connectivity index (χ0) is 11.3. The fourth-order valence-corrected chi connectivity index (χ4v) is 2.60. The molecule has 0 aromatic heterocycles. The largest absolute Gasteiger partial charge is 0.317 e. The van der Waals surface area contributed by atoms with E-state index in [-0.39, 0.29) is 0 Å². The number of hydrogen-bond donors (Lipinski definition) is 1. The van der Waals surface area contributed by atoms with Crippen LogP contribution >= 0.6 is 0 Å². The van der Waals surface area contributed by atoms with E-state index in [1.54, 1.807) is 0 Å². The number of rotatable bonds is 5. The zero-order valence-electron chi connectivity index (χ0n) is 11.1. The molecule has 0 aliphatic carbocycles. The number of piperidine rings is 1. The van der Waals surface area contributed by atoms with E-state index in [1.165, 1.54) is 45.2 Å². The molecule has 1 saturated heterocycles. The first-order valence-electron chi connectivity index (χ1n) is 6.80. The highest BCUT2D eigenvalue weighted by molar-refractivity contribution is 4.84. The van der Waals surface area contributed by atoms with Crippen molar-refractivity contribution in [1.82, 2.24) is 5.32 Å². The van der Waals surface area contributed by atoms with Gasteiger partial charge in [-0.3, -0.25) is 0 Å². The second-order valence-electron chi connectivity index (χ2n) is 5.86. The van der Waals surface area contributed by atoms with Gasteiger partial charge in [0.05, 0.1) is 0 Å². The molecule has 0 spiro atoms. The fourth-order valence-electron chi connectivity index (χ4n) is 2.60. The Hall–Kier alpha value is -0.0400. The molecule has 1 N–H and O–H groups in total. The van der Waals surface area contributed by atoms with Gasteiger partial charge in [-0.25, -0.2) is 0 Å². The lowest BCUT2D eigenvalue weighted by molar-refractivity contribution is 0.157. The summed E-state index contributed by atoms with van der Waals surface area (Å²) in [6.07, 6.45) is 7.04. The van der Waals surface area contributed by atoms with E-state index in [1.807, 2.05) is 0 Å². The Balaban J connectivity index is 2.38. The molecule has 1 aliphatic rings. The minimum atomic E-state index is 0.675. The van der Waals surface area contributed by atoms with Gasteiger partial charge in [0.2, 0.25) is 0 Å². The Bertz CT molecular complexity index is 168. The first kappa shape index (κ1) is 13.0. The molecule has 0 aromatic carbocycles. The van der Waals surface area contributed by atoms with E-state index in [9.17, 15) is 0 Å². The van der Waals surface area contributed by atoms with Crippen molar-refractivity contribution >= 4 is 0 Å². The van der Waals surface area contributed by atoms with Gasteiger partial charge in [-0.2, -0.15) is 0 Å². The highest BCUT2D eigenvalue weighted by Crippen LogP contribution is 2.38. The third kappa shape index (κ3) is 3.79. The topological polar surface area (TPSA) is 12.0 Å². The van der Waals surface area contributed by atoms with Crippen molar-refractivity contribution in [3.05, 3.63) is 0 Å². The van der Waals surface area contributed by atoms with Gasteiger partial charge in [0, 0.05) is 0 Å². The van der Waals surface area contributed by atoms with E-state index in [2.05, 4.69) is 33.0 Å². The first-order chi connectivity index (χ1) is 7.09. The number of nitrogens with one attached hydrogen (secondary N) is 1. The summed E-state index contributed by atoms with van der Waals surface area (Å²) in [6, 6.07) is 0. The quantitative estimate of drug-likeness (QED) is 0.728. The molecule has 1 unspecified atom stereocenters. The Kier molecular flexibility index (Phi) is 5.11. The van der Waals surface area contributed by atoms with Gasteiger partial charge >= 0.3 is 0 Å². The van der Waals surface area contributed by atoms with E-state index in [0.29, 0.717) is 5.41 Å². The van der Waals surface area contributed by atoms with Crippen LogP contribution in [-0.4, -0.2) is 13.1 Å². The van der Waals surface area contributed by atoms with Crippen LogP contribution in [0.2, 0.25) is 0 Å². The highest BCUT2D eigenvalue weighted by atomic mass is 14.9. The summed E-state index contributed by atoms with van der Waals surface area (Å²) in [5.41, 5.74) is 0.675. The highest BCUT2D eigenvalue weighted by Gasteiger charge is 2.30. The average Bonchev–Trinajstić information content (AvgIpc) is 2.27. The standard InChI is InChI=1S/C14H29N/c1-5-14(8-10-15-11-9-14)7-6-13(4)12(2)3/h12-13,15H,5-11H2,1-4H3. The maximum atomic E-state index is 3.48. The smallest absolute Gasteiger partial charge is 0.00436 e. The maximum absolute atomic E-state index is 3.48. The second-order valence-corrected chi connectivity index (χ2v) is 5.86. The molecule has 0 bridgehead atoms. The zero-order valence-corrected chi connectivity index (χ0v) is 11.1. The molecule has 0 radical (unpaired) electrons. The van der Waals surface area contributed by atoms with E-state index in [4.69, 9.17) is 0 Å². The predicted octanol–water partition coefficient (Wildman–Crippen LogP) is 3.84. The molecule has 1 nitrogen and oxygen atoms in total. The van der Waals surface area contributed by atoms with Crippen LogP contribution in [0.25, 0.3) is 0 Å². The van der Waals surface area contributed by atoms with Gasteiger partial charge in [-0.05, 0) is 56.0 Å². The summed E-state index contributed by atoms with van der Waals surface area (Å²) >= 11 is 0. The summed E-state index contributed by atoms with van der Waals surface area (Å²) in [5.74, 6) is 1.74. The van der Waals surface area contributed by atoms with Gasteiger partial charge in [0.15, 0.2) is 0 Å². The summed E-state index contributed by atoms with van der Waals surface area (Å²) in [7, 11) is 0. The Labute approximate surface area is 96.0 Å². The van der Waals surface area contributed by atoms with Gasteiger partial charge in [-0.15, -0.1) is 0 Å². The molecular formula is C14H29N. The third-order valence-corrected chi connectivity index (χ3v) is 4.68. The lowest BCUT2D eigenvalue weighted by Crippen LogP contribution is -2.36. The molecule has 1 rings (SSSR count). The molecule has 1 heteroatoms. The molecule has 1 fully saturated rings. The molecule has 0 amide bonds. The predicted molar refractivity (Wildman–Crippen MR) is 68.1 cm³/mol. The first-order valence-corrected chi connectivity index (χ1v) is 6.80. The van der Waals surface area contributed by atoms with Crippen molar-refractivity contribution in [2.45, 2.75) is 59.8 Å². The van der Waals surface area contributed by atoms with Gasteiger partial charge < -0.3 is 5.32 Å². The van der Waals surface area contributed by atoms with Crippen molar-refractivity contribution < 1.29 is 0 Å². The van der Waals surface area contributed by atoms with Crippen LogP contribution < -0.4 is 5.32 Å². The Morgan fingerprint density at radius 3 is 2.20 bits per heavy atom. The molecule has 1 aliphatic heterocycles.